The average Bonchev–Trinajstić information content (AvgIpc) is 2.52. The first kappa shape index (κ1) is 19.3. The third kappa shape index (κ3) is 6.10. The zero-order valence-electron chi connectivity index (χ0n) is 12.8. The highest BCUT2D eigenvalue weighted by Gasteiger charge is 2.09. The van der Waals surface area contributed by atoms with E-state index in [2.05, 4.69) is 24.4 Å². The third-order valence-corrected chi connectivity index (χ3v) is 3.53. The molecule has 124 valence electrons. The lowest BCUT2D eigenvalue weighted by Crippen LogP contribution is -2.22. The number of nitrogens with two attached hydrogens (primary N) is 1. The van der Waals surface area contributed by atoms with Crippen LogP contribution in [0, 0.1) is 0 Å². The van der Waals surface area contributed by atoms with Crippen LogP contribution in [0.4, 0.5) is 0 Å². The van der Waals surface area contributed by atoms with Gasteiger partial charge in [-0.25, -0.2) is 0 Å². The Morgan fingerprint density at radius 3 is 2.61 bits per heavy atom. The summed E-state index contributed by atoms with van der Waals surface area (Å²) < 4.78 is 5.42. The molecule has 0 aliphatic heterocycles. The first-order valence-electron chi connectivity index (χ1n) is 7.04. The number of halogens is 2. The molecule has 1 amide bonds. The van der Waals surface area contributed by atoms with Crippen LogP contribution < -0.4 is 15.8 Å². The number of carbonyl (C=O) groups excluding carboxylic acids is 1. The summed E-state index contributed by atoms with van der Waals surface area (Å²) in [7, 11) is 0. The van der Waals surface area contributed by atoms with E-state index in [1.807, 2.05) is 24.3 Å². The minimum absolute atomic E-state index is 0. The van der Waals surface area contributed by atoms with Crippen LogP contribution in [0.15, 0.2) is 48.5 Å². The van der Waals surface area contributed by atoms with Gasteiger partial charge in [-0.15, -0.1) is 12.4 Å². The second kappa shape index (κ2) is 9.40. The predicted molar refractivity (Wildman–Crippen MR) is 95.1 cm³/mol. The highest BCUT2D eigenvalue weighted by atomic mass is 35.5. The molecule has 1 atom stereocenters. The van der Waals surface area contributed by atoms with Gasteiger partial charge in [0.1, 0.15) is 5.75 Å². The number of carbonyl (C=O) groups is 1. The predicted octanol–water partition coefficient (Wildman–Crippen LogP) is 3.48. The smallest absolute Gasteiger partial charge is 0.255 e. The summed E-state index contributed by atoms with van der Waals surface area (Å²) >= 11 is 6.04. The molecule has 0 radical (unpaired) electrons. The van der Waals surface area contributed by atoms with Crippen molar-refractivity contribution in [3.05, 3.63) is 64.7 Å². The summed E-state index contributed by atoms with van der Waals surface area (Å²) in [5.41, 5.74) is 7.20. The molecule has 2 aromatic carbocycles. The molecule has 2 aromatic rings. The van der Waals surface area contributed by atoms with E-state index in [0.29, 0.717) is 17.3 Å². The van der Waals surface area contributed by atoms with Crippen molar-refractivity contribution in [2.45, 2.75) is 19.5 Å². The van der Waals surface area contributed by atoms with Crippen molar-refractivity contribution in [2.75, 3.05) is 6.61 Å². The summed E-state index contributed by atoms with van der Waals surface area (Å²) in [6.07, 6.45) is 0. The Bertz CT molecular complexity index is 636. The maximum absolute atomic E-state index is 10.9. The number of ether oxygens (including phenoxy) is 1. The van der Waals surface area contributed by atoms with Gasteiger partial charge in [0.15, 0.2) is 6.61 Å². The molecule has 0 spiro atoms. The second-order valence-electron chi connectivity index (χ2n) is 5.02. The Morgan fingerprint density at radius 1 is 1.26 bits per heavy atom. The molecule has 0 heterocycles. The van der Waals surface area contributed by atoms with Gasteiger partial charge in [0.25, 0.3) is 5.91 Å². The average molecular weight is 355 g/mol. The van der Waals surface area contributed by atoms with E-state index in [4.69, 9.17) is 22.1 Å². The van der Waals surface area contributed by atoms with Crippen LogP contribution in [0.2, 0.25) is 5.02 Å². The SMILES string of the molecule is CC(NCc1cc(Cl)ccc1OCC(N)=O)c1ccccc1.Cl. The molecular formula is C17H20Cl2N2O2. The molecule has 0 fully saturated rings. The third-order valence-electron chi connectivity index (χ3n) is 3.29. The summed E-state index contributed by atoms with van der Waals surface area (Å²) in [5, 5.41) is 4.04. The number of rotatable bonds is 7. The van der Waals surface area contributed by atoms with Gasteiger partial charge in [-0.05, 0) is 30.7 Å². The highest BCUT2D eigenvalue weighted by molar-refractivity contribution is 6.30. The van der Waals surface area contributed by atoms with E-state index in [-0.39, 0.29) is 25.1 Å². The van der Waals surface area contributed by atoms with Crippen LogP contribution in [0.1, 0.15) is 24.1 Å². The van der Waals surface area contributed by atoms with Gasteiger partial charge < -0.3 is 15.8 Å². The maximum atomic E-state index is 10.9. The summed E-state index contributed by atoms with van der Waals surface area (Å²) in [4.78, 5) is 10.9. The van der Waals surface area contributed by atoms with Crippen molar-refractivity contribution in [1.29, 1.82) is 0 Å². The zero-order chi connectivity index (χ0) is 15.9. The van der Waals surface area contributed by atoms with E-state index >= 15 is 0 Å². The Labute approximate surface area is 147 Å². The molecule has 1 unspecified atom stereocenters. The van der Waals surface area contributed by atoms with Crippen molar-refractivity contribution >= 4 is 29.9 Å². The monoisotopic (exact) mass is 354 g/mol. The van der Waals surface area contributed by atoms with E-state index in [9.17, 15) is 4.79 Å². The molecule has 0 aliphatic carbocycles. The molecule has 0 aliphatic rings. The van der Waals surface area contributed by atoms with Crippen molar-refractivity contribution < 1.29 is 9.53 Å². The largest absolute Gasteiger partial charge is 0.483 e. The number of hydrogen-bond donors (Lipinski definition) is 2. The highest BCUT2D eigenvalue weighted by Crippen LogP contribution is 2.24. The van der Waals surface area contributed by atoms with E-state index in [1.165, 1.54) is 5.56 Å². The molecule has 0 saturated carbocycles. The van der Waals surface area contributed by atoms with Crippen molar-refractivity contribution in [1.82, 2.24) is 5.32 Å². The van der Waals surface area contributed by atoms with Crippen LogP contribution in [-0.2, 0) is 11.3 Å². The Hall–Kier alpha value is -1.75. The van der Waals surface area contributed by atoms with E-state index in [0.717, 1.165) is 5.56 Å². The molecule has 3 N–H and O–H groups in total. The molecular weight excluding hydrogens is 335 g/mol. The quantitative estimate of drug-likeness (QED) is 0.799. The number of nitrogens with one attached hydrogen (secondary N) is 1. The van der Waals surface area contributed by atoms with E-state index < -0.39 is 5.91 Å². The van der Waals surface area contributed by atoms with Crippen LogP contribution in [-0.4, -0.2) is 12.5 Å². The molecule has 0 bridgehead atoms. The molecule has 6 heteroatoms. The van der Waals surface area contributed by atoms with Crippen LogP contribution in [0.3, 0.4) is 0 Å². The fraction of sp³-hybridized carbons (Fsp3) is 0.235. The topological polar surface area (TPSA) is 64.3 Å². The maximum Gasteiger partial charge on any atom is 0.255 e. The molecule has 23 heavy (non-hydrogen) atoms. The summed E-state index contributed by atoms with van der Waals surface area (Å²) in [5.74, 6) is 0.0995. The zero-order valence-corrected chi connectivity index (χ0v) is 14.4. The van der Waals surface area contributed by atoms with Crippen molar-refractivity contribution in [3.8, 4) is 5.75 Å². The minimum Gasteiger partial charge on any atom is -0.483 e. The normalized spacial score (nSPS) is 11.4. The van der Waals surface area contributed by atoms with Gasteiger partial charge in [0, 0.05) is 23.2 Å². The van der Waals surface area contributed by atoms with Crippen molar-refractivity contribution in [2.24, 2.45) is 5.73 Å². The number of hydrogen-bond acceptors (Lipinski definition) is 3. The molecule has 0 saturated heterocycles. The standard InChI is InChI=1S/C17H19ClN2O2.ClH/c1-12(13-5-3-2-4-6-13)20-10-14-9-15(18)7-8-16(14)22-11-17(19)21;/h2-9,12,20H,10-11H2,1H3,(H2,19,21);1H. The Balaban J connectivity index is 0.00000264. The van der Waals surface area contributed by atoms with Gasteiger partial charge in [-0.1, -0.05) is 41.9 Å². The Kier molecular flexibility index (Phi) is 7.89. The minimum atomic E-state index is -0.508. The van der Waals surface area contributed by atoms with E-state index in [1.54, 1.807) is 12.1 Å². The summed E-state index contributed by atoms with van der Waals surface area (Å²) in [6, 6.07) is 15.6. The lowest BCUT2D eigenvalue weighted by molar-refractivity contribution is -0.119. The second-order valence-corrected chi connectivity index (χ2v) is 5.46. The molecule has 0 aromatic heterocycles. The summed E-state index contributed by atoms with van der Waals surface area (Å²) in [6.45, 7) is 2.51. The van der Waals surface area contributed by atoms with Gasteiger partial charge in [0.2, 0.25) is 0 Å². The fourth-order valence-electron chi connectivity index (χ4n) is 2.10. The van der Waals surface area contributed by atoms with Gasteiger partial charge in [-0.2, -0.15) is 0 Å². The van der Waals surface area contributed by atoms with Gasteiger partial charge >= 0.3 is 0 Å². The number of benzene rings is 2. The van der Waals surface area contributed by atoms with Gasteiger partial charge in [0.05, 0.1) is 0 Å². The number of primary amides is 1. The van der Waals surface area contributed by atoms with Gasteiger partial charge in [-0.3, -0.25) is 4.79 Å². The van der Waals surface area contributed by atoms with Crippen LogP contribution in [0.25, 0.3) is 0 Å². The van der Waals surface area contributed by atoms with Crippen LogP contribution in [0.5, 0.6) is 5.75 Å². The molecule has 4 nitrogen and oxygen atoms in total. The lowest BCUT2D eigenvalue weighted by Gasteiger charge is -2.16. The van der Waals surface area contributed by atoms with Crippen molar-refractivity contribution in [3.63, 3.8) is 0 Å². The lowest BCUT2D eigenvalue weighted by atomic mass is 10.1. The first-order chi connectivity index (χ1) is 10.6. The fourth-order valence-corrected chi connectivity index (χ4v) is 2.29. The van der Waals surface area contributed by atoms with Crippen LogP contribution >= 0.6 is 24.0 Å². The number of amides is 1. The first-order valence-corrected chi connectivity index (χ1v) is 7.42. The Morgan fingerprint density at radius 2 is 1.96 bits per heavy atom. The molecule has 2 rings (SSSR count).